The summed E-state index contributed by atoms with van der Waals surface area (Å²) in [4.78, 5) is 26.3. The minimum absolute atomic E-state index is 0.0823. The number of rotatable bonds is 8. The number of carbonyl (C=O) groups excluding carboxylic acids is 2. The number of nitrogen functional groups attached to an aromatic ring is 1. The van der Waals surface area contributed by atoms with Gasteiger partial charge >= 0.3 is 6.03 Å². The predicted octanol–water partition coefficient (Wildman–Crippen LogP) is 1.22. The highest BCUT2D eigenvalue weighted by Gasteiger charge is 2.11. The number of hydrogen-bond acceptors (Lipinski definition) is 5. The van der Waals surface area contributed by atoms with Gasteiger partial charge in [-0.2, -0.15) is 0 Å². The Bertz CT molecular complexity index is 835. The zero-order valence-electron chi connectivity index (χ0n) is 17.0. The zero-order chi connectivity index (χ0) is 21.2. The first-order valence-corrected chi connectivity index (χ1v) is 10.1. The molecular formula is C22H29N5O3. The highest BCUT2D eigenvalue weighted by Crippen LogP contribution is 2.10. The molecule has 1 heterocycles. The third-order valence-electron chi connectivity index (χ3n) is 4.83. The Morgan fingerprint density at radius 3 is 2.37 bits per heavy atom. The van der Waals surface area contributed by atoms with E-state index in [-0.39, 0.29) is 12.5 Å². The van der Waals surface area contributed by atoms with Crippen LogP contribution in [-0.2, 0) is 29.2 Å². The van der Waals surface area contributed by atoms with Gasteiger partial charge in [-0.15, -0.1) is 0 Å². The molecular weight excluding hydrogens is 382 g/mol. The lowest BCUT2D eigenvalue weighted by Gasteiger charge is -2.26. The van der Waals surface area contributed by atoms with Crippen LogP contribution in [-0.4, -0.2) is 49.7 Å². The van der Waals surface area contributed by atoms with Crippen molar-refractivity contribution in [1.29, 1.82) is 0 Å². The Hall–Kier alpha value is -3.10. The van der Waals surface area contributed by atoms with Crippen molar-refractivity contribution < 1.29 is 14.3 Å². The van der Waals surface area contributed by atoms with Crippen LogP contribution in [0.1, 0.15) is 16.7 Å². The van der Waals surface area contributed by atoms with Crippen LogP contribution in [0.15, 0.2) is 48.5 Å². The Kier molecular flexibility index (Phi) is 8.05. The van der Waals surface area contributed by atoms with Gasteiger partial charge < -0.3 is 26.4 Å². The number of amides is 3. The molecule has 1 aliphatic heterocycles. The van der Waals surface area contributed by atoms with Gasteiger partial charge in [-0.3, -0.25) is 9.69 Å². The normalized spacial score (nSPS) is 14.1. The first-order valence-electron chi connectivity index (χ1n) is 10.1. The molecule has 0 unspecified atom stereocenters. The van der Waals surface area contributed by atoms with E-state index in [9.17, 15) is 9.59 Å². The van der Waals surface area contributed by atoms with Crippen LogP contribution in [0, 0.1) is 0 Å². The van der Waals surface area contributed by atoms with E-state index >= 15 is 0 Å². The minimum atomic E-state index is -0.394. The van der Waals surface area contributed by atoms with E-state index < -0.39 is 6.03 Å². The highest BCUT2D eigenvalue weighted by atomic mass is 16.5. The number of hydrogen-bond donors (Lipinski definition) is 4. The van der Waals surface area contributed by atoms with E-state index in [1.165, 1.54) is 5.56 Å². The molecule has 5 N–H and O–H groups in total. The lowest BCUT2D eigenvalue weighted by molar-refractivity contribution is -0.120. The average Bonchev–Trinajstić information content (AvgIpc) is 2.77. The molecule has 1 saturated heterocycles. The largest absolute Gasteiger partial charge is 0.399 e. The molecule has 3 amide bonds. The van der Waals surface area contributed by atoms with Crippen molar-refractivity contribution in [3.63, 3.8) is 0 Å². The van der Waals surface area contributed by atoms with Gasteiger partial charge in [0.15, 0.2) is 0 Å². The first-order chi connectivity index (χ1) is 14.6. The number of urea groups is 1. The molecule has 2 aromatic rings. The lowest BCUT2D eigenvalue weighted by Crippen LogP contribution is -2.41. The van der Waals surface area contributed by atoms with Crippen LogP contribution in [0.25, 0.3) is 0 Å². The quantitative estimate of drug-likeness (QED) is 0.489. The number of ether oxygens (including phenoxy) is 1. The molecule has 8 heteroatoms. The molecule has 160 valence electrons. The third-order valence-corrected chi connectivity index (χ3v) is 4.83. The third kappa shape index (κ3) is 7.38. The van der Waals surface area contributed by atoms with E-state index in [2.05, 4.69) is 33.0 Å². The highest BCUT2D eigenvalue weighted by molar-refractivity contribution is 5.83. The zero-order valence-corrected chi connectivity index (χ0v) is 17.0. The fourth-order valence-electron chi connectivity index (χ4n) is 3.16. The van der Waals surface area contributed by atoms with Crippen molar-refractivity contribution in [3.05, 3.63) is 65.2 Å². The van der Waals surface area contributed by atoms with Gasteiger partial charge in [0.25, 0.3) is 0 Å². The standard InChI is InChI=1S/C22H29N5O3/c23-20-6-4-17(5-7-20)13-25-22(29)26-15-21(28)24-14-18-2-1-3-19(12-18)16-27-8-10-30-11-9-27/h1-7,12H,8-11,13-16,23H2,(H,24,28)(H2,25,26,29). The SMILES string of the molecule is Nc1ccc(CNC(=O)NCC(=O)NCc2cccc(CN3CCOCC3)c2)cc1. The average molecular weight is 412 g/mol. The van der Waals surface area contributed by atoms with Gasteiger partial charge in [-0.05, 0) is 28.8 Å². The van der Waals surface area contributed by atoms with Gasteiger partial charge in [0.1, 0.15) is 0 Å². The van der Waals surface area contributed by atoms with Crippen molar-refractivity contribution in [2.75, 3.05) is 38.6 Å². The van der Waals surface area contributed by atoms with E-state index in [4.69, 9.17) is 10.5 Å². The second kappa shape index (κ2) is 11.2. The molecule has 0 aromatic heterocycles. The number of nitrogens with two attached hydrogens (primary N) is 1. The molecule has 1 fully saturated rings. The van der Waals surface area contributed by atoms with Crippen molar-refractivity contribution in [3.8, 4) is 0 Å². The summed E-state index contributed by atoms with van der Waals surface area (Å²) in [6.45, 7) is 5.00. The fraction of sp³-hybridized carbons (Fsp3) is 0.364. The van der Waals surface area contributed by atoms with Crippen molar-refractivity contribution in [1.82, 2.24) is 20.9 Å². The summed E-state index contributed by atoms with van der Waals surface area (Å²) < 4.78 is 5.38. The van der Waals surface area contributed by atoms with Gasteiger partial charge in [-0.25, -0.2) is 4.79 Å². The van der Waals surface area contributed by atoms with E-state index in [1.807, 2.05) is 24.3 Å². The number of morpholine rings is 1. The van der Waals surface area contributed by atoms with Crippen LogP contribution in [0.2, 0.25) is 0 Å². The molecule has 0 saturated carbocycles. The summed E-state index contributed by atoms with van der Waals surface area (Å²) in [6, 6.07) is 15.0. The number of anilines is 1. The van der Waals surface area contributed by atoms with Crippen molar-refractivity contribution >= 4 is 17.6 Å². The summed E-state index contributed by atoms with van der Waals surface area (Å²) in [5.41, 5.74) is 9.48. The number of carbonyl (C=O) groups is 2. The topological polar surface area (TPSA) is 109 Å². The minimum Gasteiger partial charge on any atom is -0.399 e. The summed E-state index contributed by atoms with van der Waals surface area (Å²) in [5, 5.41) is 8.11. The second-order valence-electron chi connectivity index (χ2n) is 7.26. The van der Waals surface area contributed by atoms with Crippen molar-refractivity contribution in [2.45, 2.75) is 19.6 Å². The molecule has 0 spiro atoms. The molecule has 2 aromatic carbocycles. The summed E-state index contributed by atoms with van der Waals surface area (Å²) in [6.07, 6.45) is 0. The Balaban J connectivity index is 1.35. The fourth-order valence-corrected chi connectivity index (χ4v) is 3.16. The maximum atomic E-state index is 12.0. The molecule has 30 heavy (non-hydrogen) atoms. The number of nitrogens with one attached hydrogen (secondary N) is 3. The number of nitrogens with zero attached hydrogens (tertiary/aromatic N) is 1. The van der Waals surface area contributed by atoms with Crippen LogP contribution < -0.4 is 21.7 Å². The van der Waals surface area contributed by atoms with Gasteiger partial charge in [-0.1, -0.05) is 36.4 Å². The van der Waals surface area contributed by atoms with Crippen LogP contribution in [0.5, 0.6) is 0 Å². The molecule has 0 atom stereocenters. The monoisotopic (exact) mass is 411 g/mol. The maximum Gasteiger partial charge on any atom is 0.315 e. The summed E-state index contributed by atoms with van der Waals surface area (Å²) in [7, 11) is 0. The summed E-state index contributed by atoms with van der Waals surface area (Å²) >= 11 is 0. The van der Waals surface area contributed by atoms with Gasteiger partial charge in [0.2, 0.25) is 5.91 Å². The lowest BCUT2D eigenvalue weighted by atomic mass is 10.1. The van der Waals surface area contributed by atoms with E-state index in [1.54, 1.807) is 12.1 Å². The second-order valence-corrected chi connectivity index (χ2v) is 7.26. The molecule has 0 radical (unpaired) electrons. The Morgan fingerprint density at radius 2 is 1.60 bits per heavy atom. The van der Waals surface area contributed by atoms with Crippen LogP contribution in [0.3, 0.4) is 0 Å². The molecule has 0 aliphatic carbocycles. The van der Waals surface area contributed by atoms with E-state index in [0.717, 1.165) is 44.0 Å². The van der Waals surface area contributed by atoms with Gasteiger partial charge in [0.05, 0.1) is 19.8 Å². The first kappa shape index (κ1) is 21.6. The molecule has 0 bridgehead atoms. The van der Waals surface area contributed by atoms with Crippen molar-refractivity contribution in [2.24, 2.45) is 0 Å². The Labute approximate surface area is 176 Å². The smallest absolute Gasteiger partial charge is 0.315 e. The Morgan fingerprint density at radius 1 is 0.900 bits per heavy atom. The van der Waals surface area contributed by atoms with Crippen LogP contribution >= 0.6 is 0 Å². The van der Waals surface area contributed by atoms with E-state index in [0.29, 0.717) is 18.8 Å². The van der Waals surface area contributed by atoms with Gasteiger partial charge in [0, 0.05) is 38.4 Å². The maximum absolute atomic E-state index is 12.0. The molecule has 3 rings (SSSR count). The number of benzene rings is 2. The molecule has 8 nitrogen and oxygen atoms in total. The summed E-state index contributed by atoms with van der Waals surface area (Å²) in [5.74, 6) is -0.240. The van der Waals surface area contributed by atoms with Crippen LogP contribution in [0.4, 0.5) is 10.5 Å². The molecule has 1 aliphatic rings. The predicted molar refractivity (Wildman–Crippen MR) is 115 cm³/mol.